The second-order valence-electron chi connectivity index (χ2n) is 5.40. The third kappa shape index (κ3) is 5.98. The van der Waals surface area contributed by atoms with Gasteiger partial charge in [0.1, 0.15) is 11.9 Å². The van der Waals surface area contributed by atoms with E-state index >= 15 is 0 Å². The molecule has 5 heteroatoms. The van der Waals surface area contributed by atoms with Crippen molar-refractivity contribution in [1.82, 2.24) is 5.32 Å². The number of halogens is 2. The van der Waals surface area contributed by atoms with E-state index in [1.165, 1.54) is 7.11 Å². The first-order chi connectivity index (χ1) is 8.81. The Balaban J connectivity index is 2.69. The molecule has 0 aliphatic carbocycles. The summed E-state index contributed by atoms with van der Waals surface area (Å²) in [6, 6.07) is 3.14. The van der Waals surface area contributed by atoms with Crippen molar-refractivity contribution in [2.45, 2.75) is 32.4 Å². The van der Waals surface area contributed by atoms with Gasteiger partial charge in [-0.3, -0.25) is 0 Å². The monoisotopic (exact) mass is 273 g/mol. The molecule has 19 heavy (non-hydrogen) atoms. The maximum atomic E-state index is 13.5. The average Bonchev–Trinajstić information content (AvgIpc) is 2.30. The van der Waals surface area contributed by atoms with Gasteiger partial charge in [-0.25, -0.2) is 8.78 Å². The largest absolute Gasteiger partial charge is 0.484 e. The zero-order chi connectivity index (χ0) is 14.5. The summed E-state index contributed by atoms with van der Waals surface area (Å²) in [4.78, 5) is 0. The molecular weight excluding hydrogens is 252 g/mol. The van der Waals surface area contributed by atoms with Gasteiger partial charge in [-0.2, -0.15) is 0 Å². The van der Waals surface area contributed by atoms with Crippen LogP contribution in [0.2, 0.25) is 0 Å². The van der Waals surface area contributed by atoms with Gasteiger partial charge >= 0.3 is 0 Å². The lowest BCUT2D eigenvalue weighted by molar-refractivity contribution is 0.0736. The molecule has 0 aliphatic rings. The molecule has 1 atom stereocenters. The summed E-state index contributed by atoms with van der Waals surface area (Å²) in [5, 5.41) is 3.24. The Morgan fingerprint density at radius 1 is 1.26 bits per heavy atom. The van der Waals surface area contributed by atoms with Crippen LogP contribution in [0, 0.1) is 11.6 Å². The van der Waals surface area contributed by atoms with Crippen LogP contribution in [0.5, 0.6) is 5.75 Å². The quantitative estimate of drug-likeness (QED) is 0.864. The number of hydrogen-bond donors (Lipinski definition) is 1. The fourth-order valence-electron chi connectivity index (χ4n) is 1.49. The van der Waals surface area contributed by atoms with Crippen molar-refractivity contribution >= 4 is 0 Å². The Kier molecular flexibility index (Phi) is 5.69. The summed E-state index contributed by atoms with van der Waals surface area (Å²) in [7, 11) is 1.54. The van der Waals surface area contributed by atoms with Gasteiger partial charge < -0.3 is 14.8 Å². The minimum atomic E-state index is -0.585. The molecule has 1 aromatic carbocycles. The van der Waals surface area contributed by atoms with Crippen molar-refractivity contribution < 1.29 is 18.3 Å². The van der Waals surface area contributed by atoms with E-state index < -0.39 is 11.6 Å². The number of benzene rings is 1. The van der Waals surface area contributed by atoms with Gasteiger partial charge in [0.2, 0.25) is 0 Å². The van der Waals surface area contributed by atoms with Crippen molar-refractivity contribution in [1.29, 1.82) is 0 Å². The maximum Gasteiger partial charge on any atom is 0.165 e. The topological polar surface area (TPSA) is 30.5 Å². The lowest BCUT2D eigenvalue weighted by Crippen LogP contribution is -2.44. The van der Waals surface area contributed by atoms with E-state index in [2.05, 4.69) is 5.32 Å². The lowest BCUT2D eigenvalue weighted by atomic mass is 10.1. The molecule has 0 aliphatic heterocycles. The van der Waals surface area contributed by atoms with Crippen molar-refractivity contribution in [2.75, 3.05) is 20.3 Å². The summed E-state index contributed by atoms with van der Waals surface area (Å²) in [6.07, 6.45) is -0.388. The molecule has 1 rings (SSSR count). The Morgan fingerprint density at radius 3 is 2.53 bits per heavy atom. The van der Waals surface area contributed by atoms with Gasteiger partial charge in [0.15, 0.2) is 11.6 Å². The molecule has 0 fully saturated rings. The van der Waals surface area contributed by atoms with Crippen molar-refractivity contribution in [3.63, 3.8) is 0 Å². The van der Waals surface area contributed by atoms with Gasteiger partial charge in [0.05, 0.1) is 6.61 Å². The standard InChI is InChI=1S/C14H21F2NO2/c1-14(2,3)17-8-11(9-18-4)19-13-7-10(15)5-6-12(13)16/h5-7,11,17H,8-9H2,1-4H3. The minimum Gasteiger partial charge on any atom is -0.484 e. The van der Waals surface area contributed by atoms with E-state index in [1.807, 2.05) is 20.8 Å². The smallest absolute Gasteiger partial charge is 0.165 e. The summed E-state index contributed by atoms with van der Waals surface area (Å²) in [5.74, 6) is -1.22. The normalized spacial score (nSPS) is 13.4. The van der Waals surface area contributed by atoms with Crippen LogP contribution < -0.4 is 10.1 Å². The molecule has 0 saturated carbocycles. The molecule has 0 aromatic heterocycles. The van der Waals surface area contributed by atoms with E-state index in [0.717, 1.165) is 18.2 Å². The number of rotatable bonds is 6. The fourth-order valence-corrected chi connectivity index (χ4v) is 1.49. The number of hydrogen-bond acceptors (Lipinski definition) is 3. The third-order valence-corrected chi connectivity index (χ3v) is 2.40. The predicted octanol–water partition coefficient (Wildman–Crippen LogP) is 2.75. The highest BCUT2D eigenvalue weighted by Crippen LogP contribution is 2.19. The highest BCUT2D eigenvalue weighted by atomic mass is 19.1. The van der Waals surface area contributed by atoms with E-state index in [0.29, 0.717) is 13.2 Å². The van der Waals surface area contributed by atoms with E-state index in [1.54, 1.807) is 0 Å². The van der Waals surface area contributed by atoms with Crippen molar-refractivity contribution in [3.05, 3.63) is 29.8 Å². The predicted molar refractivity (Wildman–Crippen MR) is 70.4 cm³/mol. The van der Waals surface area contributed by atoms with Crippen LogP contribution in [-0.4, -0.2) is 31.9 Å². The van der Waals surface area contributed by atoms with E-state index in [-0.39, 0.29) is 17.4 Å². The summed E-state index contributed by atoms with van der Waals surface area (Å²) in [5.41, 5.74) is -0.0875. The van der Waals surface area contributed by atoms with E-state index in [4.69, 9.17) is 9.47 Å². The van der Waals surface area contributed by atoms with Crippen LogP contribution in [0.4, 0.5) is 8.78 Å². The van der Waals surface area contributed by atoms with Crippen LogP contribution in [0.1, 0.15) is 20.8 Å². The number of methoxy groups -OCH3 is 1. The summed E-state index contributed by atoms with van der Waals surface area (Å²) in [6.45, 7) is 6.81. The van der Waals surface area contributed by atoms with Crippen LogP contribution in [0.15, 0.2) is 18.2 Å². The van der Waals surface area contributed by atoms with E-state index in [9.17, 15) is 8.78 Å². The molecule has 0 heterocycles. The highest BCUT2D eigenvalue weighted by molar-refractivity contribution is 5.25. The molecule has 0 spiro atoms. The van der Waals surface area contributed by atoms with Gasteiger partial charge in [0, 0.05) is 25.3 Å². The maximum absolute atomic E-state index is 13.5. The second-order valence-corrected chi connectivity index (χ2v) is 5.40. The Labute approximate surface area is 112 Å². The van der Waals surface area contributed by atoms with Gasteiger partial charge in [0.25, 0.3) is 0 Å². The number of ether oxygens (including phenoxy) is 2. The molecule has 0 amide bonds. The third-order valence-electron chi connectivity index (χ3n) is 2.40. The average molecular weight is 273 g/mol. The van der Waals surface area contributed by atoms with Gasteiger partial charge in [-0.1, -0.05) is 0 Å². The lowest BCUT2D eigenvalue weighted by Gasteiger charge is -2.25. The second kappa shape index (κ2) is 6.82. The number of nitrogens with one attached hydrogen (secondary N) is 1. The van der Waals surface area contributed by atoms with Gasteiger partial charge in [-0.15, -0.1) is 0 Å². The molecule has 0 saturated heterocycles. The van der Waals surface area contributed by atoms with Crippen molar-refractivity contribution in [2.24, 2.45) is 0 Å². The first kappa shape index (κ1) is 15.9. The van der Waals surface area contributed by atoms with Crippen molar-refractivity contribution in [3.8, 4) is 5.75 Å². The van der Waals surface area contributed by atoms with Crippen LogP contribution in [0.25, 0.3) is 0 Å². The van der Waals surface area contributed by atoms with Crippen LogP contribution >= 0.6 is 0 Å². The Bertz CT molecular complexity index is 405. The molecule has 1 unspecified atom stereocenters. The van der Waals surface area contributed by atoms with Gasteiger partial charge in [-0.05, 0) is 32.9 Å². The fraction of sp³-hybridized carbons (Fsp3) is 0.571. The zero-order valence-electron chi connectivity index (χ0n) is 11.8. The molecule has 3 nitrogen and oxygen atoms in total. The highest BCUT2D eigenvalue weighted by Gasteiger charge is 2.17. The van der Waals surface area contributed by atoms with Crippen LogP contribution in [0.3, 0.4) is 0 Å². The summed E-state index contributed by atoms with van der Waals surface area (Å²) >= 11 is 0. The Morgan fingerprint density at radius 2 is 1.95 bits per heavy atom. The molecular formula is C14H21F2NO2. The molecule has 0 radical (unpaired) electrons. The zero-order valence-corrected chi connectivity index (χ0v) is 11.8. The first-order valence-electron chi connectivity index (χ1n) is 6.17. The molecule has 0 bridgehead atoms. The molecule has 1 aromatic rings. The SMILES string of the molecule is COCC(CNC(C)(C)C)Oc1cc(F)ccc1F. The minimum absolute atomic E-state index is 0.0875. The first-order valence-corrected chi connectivity index (χ1v) is 6.17. The van der Waals surface area contributed by atoms with Crippen LogP contribution in [-0.2, 0) is 4.74 Å². The Hall–Kier alpha value is -1.20. The molecule has 108 valence electrons. The summed E-state index contributed by atoms with van der Waals surface area (Å²) < 4.78 is 37.0. The molecule has 1 N–H and O–H groups in total.